The van der Waals surface area contributed by atoms with Crippen molar-refractivity contribution in [3.63, 3.8) is 0 Å². The Bertz CT molecular complexity index is 843. The summed E-state index contributed by atoms with van der Waals surface area (Å²) >= 11 is 5.91. The summed E-state index contributed by atoms with van der Waals surface area (Å²) in [5.41, 5.74) is 6.03. The molecule has 1 N–H and O–H groups in total. The van der Waals surface area contributed by atoms with Gasteiger partial charge < -0.3 is 10.1 Å². The van der Waals surface area contributed by atoms with Crippen molar-refractivity contribution in [1.29, 1.82) is 0 Å². The van der Waals surface area contributed by atoms with Crippen molar-refractivity contribution < 1.29 is 4.74 Å². The van der Waals surface area contributed by atoms with E-state index < -0.39 is 0 Å². The number of anilines is 1. The molecule has 3 aromatic carbocycles. The number of ether oxygens (including phenoxy) is 1. The van der Waals surface area contributed by atoms with E-state index in [0.29, 0.717) is 6.61 Å². The van der Waals surface area contributed by atoms with Crippen LogP contribution >= 0.6 is 11.6 Å². The third kappa shape index (κ3) is 5.01. The molecule has 3 rings (SSSR count). The van der Waals surface area contributed by atoms with Gasteiger partial charge in [0.15, 0.2) is 0 Å². The topological polar surface area (TPSA) is 21.3 Å². The molecule has 0 aliphatic rings. The number of halogens is 1. The lowest BCUT2D eigenvalue weighted by Crippen LogP contribution is -2.01. The predicted molar refractivity (Wildman–Crippen MR) is 105 cm³/mol. The average Bonchev–Trinajstić information content (AvgIpc) is 2.63. The Morgan fingerprint density at radius 2 is 1.64 bits per heavy atom. The second-order valence-electron chi connectivity index (χ2n) is 6.22. The number of benzene rings is 3. The highest BCUT2D eigenvalue weighted by atomic mass is 35.5. The second kappa shape index (κ2) is 8.09. The van der Waals surface area contributed by atoms with Crippen molar-refractivity contribution in [3.8, 4) is 5.75 Å². The summed E-state index contributed by atoms with van der Waals surface area (Å²) in [5.74, 6) is 0.870. The molecule has 0 aromatic heterocycles. The third-order valence-corrected chi connectivity index (χ3v) is 4.47. The van der Waals surface area contributed by atoms with Crippen LogP contribution in [0.25, 0.3) is 0 Å². The molecule has 25 heavy (non-hydrogen) atoms. The van der Waals surface area contributed by atoms with E-state index in [0.717, 1.165) is 28.6 Å². The monoisotopic (exact) mass is 351 g/mol. The first kappa shape index (κ1) is 17.4. The first-order valence-electron chi connectivity index (χ1n) is 8.37. The molecule has 0 atom stereocenters. The molecule has 0 unspecified atom stereocenters. The molecule has 0 amide bonds. The van der Waals surface area contributed by atoms with Gasteiger partial charge in [-0.15, -0.1) is 0 Å². The quantitative estimate of drug-likeness (QED) is 0.575. The van der Waals surface area contributed by atoms with Crippen LogP contribution in [0, 0.1) is 13.8 Å². The van der Waals surface area contributed by atoms with Crippen LogP contribution in [0.2, 0.25) is 5.02 Å². The normalized spacial score (nSPS) is 10.5. The molecule has 0 saturated carbocycles. The first-order chi connectivity index (χ1) is 12.1. The number of aryl methyl sites for hydroxylation is 2. The van der Waals surface area contributed by atoms with Gasteiger partial charge in [0.05, 0.1) is 0 Å². The average molecular weight is 352 g/mol. The summed E-state index contributed by atoms with van der Waals surface area (Å²) in [6.07, 6.45) is 0. The van der Waals surface area contributed by atoms with Crippen molar-refractivity contribution >= 4 is 17.3 Å². The standard InChI is InChI=1S/C22H22ClNO/c1-16-6-11-21(12-17(16)2)24-14-19-4-3-5-22(13-19)25-15-18-7-9-20(23)10-8-18/h3-13,24H,14-15H2,1-2H3. The second-order valence-corrected chi connectivity index (χ2v) is 6.65. The lowest BCUT2D eigenvalue weighted by atomic mass is 10.1. The van der Waals surface area contributed by atoms with E-state index in [2.05, 4.69) is 49.5 Å². The Morgan fingerprint density at radius 1 is 0.840 bits per heavy atom. The van der Waals surface area contributed by atoms with Crippen LogP contribution in [0.15, 0.2) is 66.7 Å². The highest BCUT2D eigenvalue weighted by Gasteiger charge is 2.00. The van der Waals surface area contributed by atoms with Crippen LogP contribution in [-0.2, 0) is 13.2 Å². The summed E-state index contributed by atoms with van der Waals surface area (Å²) in [4.78, 5) is 0. The minimum absolute atomic E-state index is 0.533. The Hall–Kier alpha value is -2.45. The van der Waals surface area contributed by atoms with E-state index in [1.165, 1.54) is 16.7 Å². The van der Waals surface area contributed by atoms with Gasteiger partial charge >= 0.3 is 0 Å². The minimum Gasteiger partial charge on any atom is -0.489 e. The largest absolute Gasteiger partial charge is 0.489 e. The minimum atomic E-state index is 0.533. The molecular weight excluding hydrogens is 330 g/mol. The number of nitrogens with one attached hydrogen (secondary N) is 1. The summed E-state index contributed by atoms with van der Waals surface area (Å²) in [6, 6.07) is 22.3. The fourth-order valence-electron chi connectivity index (χ4n) is 2.55. The zero-order chi connectivity index (χ0) is 17.6. The van der Waals surface area contributed by atoms with Gasteiger partial charge in [0.2, 0.25) is 0 Å². The van der Waals surface area contributed by atoms with Crippen molar-refractivity contribution in [2.24, 2.45) is 0 Å². The van der Waals surface area contributed by atoms with Gasteiger partial charge in [-0.05, 0) is 72.5 Å². The van der Waals surface area contributed by atoms with Crippen molar-refractivity contribution in [2.75, 3.05) is 5.32 Å². The van der Waals surface area contributed by atoms with Crippen LogP contribution in [0.5, 0.6) is 5.75 Å². The maximum absolute atomic E-state index is 5.91. The molecule has 0 spiro atoms. The van der Waals surface area contributed by atoms with E-state index in [1.54, 1.807) is 0 Å². The number of rotatable bonds is 6. The highest BCUT2D eigenvalue weighted by molar-refractivity contribution is 6.30. The SMILES string of the molecule is Cc1ccc(NCc2cccc(OCc3ccc(Cl)cc3)c2)cc1C. The van der Waals surface area contributed by atoms with Gasteiger partial charge in [-0.2, -0.15) is 0 Å². The lowest BCUT2D eigenvalue weighted by molar-refractivity contribution is 0.306. The van der Waals surface area contributed by atoms with Gasteiger partial charge in [0.1, 0.15) is 12.4 Å². The Labute approximate surface area is 154 Å². The zero-order valence-corrected chi connectivity index (χ0v) is 15.3. The summed E-state index contributed by atoms with van der Waals surface area (Å²) < 4.78 is 5.89. The maximum Gasteiger partial charge on any atom is 0.120 e. The molecule has 3 aromatic rings. The van der Waals surface area contributed by atoms with E-state index in [1.807, 2.05) is 36.4 Å². The van der Waals surface area contributed by atoms with Crippen LogP contribution < -0.4 is 10.1 Å². The lowest BCUT2D eigenvalue weighted by Gasteiger charge is -2.11. The fraction of sp³-hybridized carbons (Fsp3) is 0.182. The van der Waals surface area contributed by atoms with Crippen molar-refractivity contribution in [2.45, 2.75) is 27.0 Å². The van der Waals surface area contributed by atoms with Crippen molar-refractivity contribution in [3.05, 3.63) is 94.0 Å². The number of hydrogen-bond acceptors (Lipinski definition) is 2. The van der Waals surface area contributed by atoms with Crippen LogP contribution in [0.4, 0.5) is 5.69 Å². The highest BCUT2D eigenvalue weighted by Crippen LogP contribution is 2.19. The summed E-state index contributed by atoms with van der Waals surface area (Å²) in [6.45, 7) is 5.55. The van der Waals surface area contributed by atoms with Crippen molar-refractivity contribution in [1.82, 2.24) is 0 Å². The van der Waals surface area contributed by atoms with E-state index in [4.69, 9.17) is 16.3 Å². The molecular formula is C22H22ClNO. The van der Waals surface area contributed by atoms with Gasteiger partial charge in [-0.3, -0.25) is 0 Å². The molecule has 3 heteroatoms. The first-order valence-corrected chi connectivity index (χ1v) is 8.75. The van der Waals surface area contributed by atoms with Crippen LogP contribution in [0.1, 0.15) is 22.3 Å². The molecule has 128 valence electrons. The van der Waals surface area contributed by atoms with Gasteiger partial charge in [0.25, 0.3) is 0 Å². The Morgan fingerprint density at radius 3 is 2.40 bits per heavy atom. The number of hydrogen-bond donors (Lipinski definition) is 1. The third-order valence-electron chi connectivity index (χ3n) is 4.22. The Kier molecular flexibility index (Phi) is 5.62. The smallest absolute Gasteiger partial charge is 0.120 e. The molecule has 0 radical (unpaired) electrons. The molecule has 0 aliphatic carbocycles. The molecule has 0 aliphatic heterocycles. The van der Waals surface area contributed by atoms with Gasteiger partial charge in [-0.25, -0.2) is 0 Å². The zero-order valence-electron chi connectivity index (χ0n) is 14.6. The van der Waals surface area contributed by atoms with E-state index >= 15 is 0 Å². The van der Waals surface area contributed by atoms with Gasteiger partial charge in [-0.1, -0.05) is 41.9 Å². The fourth-order valence-corrected chi connectivity index (χ4v) is 2.67. The van der Waals surface area contributed by atoms with E-state index in [9.17, 15) is 0 Å². The summed E-state index contributed by atoms with van der Waals surface area (Å²) in [7, 11) is 0. The molecule has 0 heterocycles. The summed E-state index contributed by atoms with van der Waals surface area (Å²) in [5, 5.41) is 4.21. The molecule has 2 nitrogen and oxygen atoms in total. The Balaban J connectivity index is 1.59. The van der Waals surface area contributed by atoms with Crippen LogP contribution in [0.3, 0.4) is 0 Å². The van der Waals surface area contributed by atoms with Crippen LogP contribution in [-0.4, -0.2) is 0 Å². The predicted octanol–water partition coefficient (Wildman–Crippen LogP) is 6.15. The van der Waals surface area contributed by atoms with E-state index in [-0.39, 0.29) is 0 Å². The van der Waals surface area contributed by atoms with Gasteiger partial charge in [0, 0.05) is 17.3 Å². The maximum atomic E-state index is 5.91. The molecule has 0 fully saturated rings. The molecule has 0 saturated heterocycles. The molecule has 0 bridgehead atoms.